The number of likely N-dealkylation sites (N-methyl/N-ethyl adjacent to an activating group) is 1. The van der Waals surface area contributed by atoms with Gasteiger partial charge in [-0.05, 0) is 20.4 Å². The van der Waals surface area contributed by atoms with Crippen molar-refractivity contribution in [1.82, 2.24) is 14.9 Å². The number of piperazine rings is 1. The summed E-state index contributed by atoms with van der Waals surface area (Å²) in [6, 6.07) is 2.34. The highest BCUT2D eigenvalue weighted by atomic mass is 35.5. The molecule has 0 radical (unpaired) electrons. The molecule has 2 heterocycles. The minimum absolute atomic E-state index is 0.462. The fourth-order valence-electron chi connectivity index (χ4n) is 2.41. The Hall–Kier alpha value is -0.870. The zero-order chi connectivity index (χ0) is 13.1. The van der Waals surface area contributed by atoms with Gasteiger partial charge in [0.05, 0.1) is 0 Å². The van der Waals surface area contributed by atoms with Crippen molar-refractivity contribution in [2.45, 2.75) is 32.7 Å². The molecule has 1 atom stereocenters. The molecule has 4 nitrogen and oxygen atoms in total. The molecular weight excluding hydrogens is 248 g/mol. The second-order valence-electron chi connectivity index (χ2n) is 5.02. The van der Waals surface area contributed by atoms with E-state index in [1.807, 2.05) is 6.07 Å². The fourth-order valence-corrected chi connectivity index (χ4v) is 2.61. The summed E-state index contributed by atoms with van der Waals surface area (Å²) in [6.07, 6.45) is 1.92. The van der Waals surface area contributed by atoms with Crippen LogP contribution in [-0.2, 0) is 6.42 Å². The summed E-state index contributed by atoms with van der Waals surface area (Å²) in [7, 11) is 2.16. The largest absolute Gasteiger partial charge is 0.351 e. The summed E-state index contributed by atoms with van der Waals surface area (Å²) in [4.78, 5) is 13.6. The molecule has 1 aromatic rings. The third-order valence-corrected chi connectivity index (χ3v) is 3.52. The lowest BCUT2D eigenvalue weighted by Crippen LogP contribution is -2.50. The second-order valence-corrected chi connectivity index (χ2v) is 5.41. The van der Waals surface area contributed by atoms with Crippen molar-refractivity contribution in [1.29, 1.82) is 0 Å². The SMILES string of the molecule is CCCc1nc(Cl)cc(N2CCN(C)CC2C)n1. The van der Waals surface area contributed by atoms with Crippen LogP contribution in [0.25, 0.3) is 0 Å². The Kier molecular flexibility index (Phi) is 4.40. The third-order valence-electron chi connectivity index (χ3n) is 3.33. The normalized spacial score (nSPS) is 21.3. The molecule has 1 saturated heterocycles. The van der Waals surface area contributed by atoms with Crippen LogP contribution in [-0.4, -0.2) is 47.6 Å². The fraction of sp³-hybridized carbons (Fsp3) is 0.692. The zero-order valence-corrected chi connectivity index (χ0v) is 12.1. The lowest BCUT2D eigenvalue weighted by atomic mass is 10.2. The van der Waals surface area contributed by atoms with Crippen LogP contribution in [0.15, 0.2) is 6.07 Å². The van der Waals surface area contributed by atoms with Gasteiger partial charge >= 0.3 is 0 Å². The first-order valence-corrected chi connectivity index (χ1v) is 6.96. The number of rotatable bonds is 3. The molecule has 1 aliphatic heterocycles. The maximum Gasteiger partial charge on any atom is 0.134 e. The Balaban J connectivity index is 2.21. The zero-order valence-electron chi connectivity index (χ0n) is 11.4. The number of aromatic nitrogens is 2. The lowest BCUT2D eigenvalue weighted by Gasteiger charge is -2.39. The molecule has 0 amide bonds. The average Bonchev–Trinajstić information content (AvgIpc) is 2.28. The van der Waals surface area contributed by atoms with Crippen molar-refractivity contribution < 1.29 is 0 Å². The number of halogens is 1. The van der Waals surface area contributed by atoms with Gasteiger partial charge in [0.15, 0.2) is 0 Å². The van der Waals surface area contributed by atoms with E-state index in [0.717, 1.165) is 44.1 Å². The van der Waals surface area contributed by atoms with Crippen LogP contribution >= 0.6 is 11.6 Å². The minimum Gasteiger partial charge on any atom is -0.351 e. The lowest BCUT2D eigenvalue weighted by molar-refractivity contribution is 0.274. The van der Waals surface area contributed by atoms with Crippen LogP contribution in [0.3, 0.4) is 0 Å². The summed E-state index contributed by atoms with van der Waals surface area (Å²) in [5.74, 6) is 1.82. The Morgan fingerprint density at radius 2 is 2.17 bits per heavy atom. The molecule has 0 aliphatic carbocycles. The summed E-state index contributed by atoms with van der Waals surface area (Å²) in [5, 5.41) is 0.551. The van der Waals surface area contributed by atoms with Crippen molar-refractivity contribution in [3.63, 3.8) is 0 Å². The molecule has 5 heteroatoms. The van der Waals surface area contributed by atoms with Crippen LogP contribution in [0.1, 0.15) is 26.1 Å². The van der Waals surface area contributed by atoms with Gasteiger partial charge < -0.3 is 9.80 Å². The number of hydrogen-bond donors (Lipinski definition) is 0. The molecule has 100 valence electrons. The molecule has 1 aromatic heterocycles. The number of aryl methyl sites for hydroxylation is 1. The van der Waals surface area contributed by atoms with Crippen molar-refractivity contribution in [3.8, 4) is 0 Å². The highest BCUT2D eigenvalue weighted by Gasteiger charge is 2.23. The molecule has 0 bridgehead atoms. The van der Waals surface area contributed by atoms with Crippen LogP contribution in [0, 0.1) is 0 Å². The van der Waals surface area contributed by atoms with E-state index in [1.165, 1.54) is 0 Å². The van der Waals surface area contributed by atoms with Gasteiger partial charge in [-0.1, -0.05) is 18.5 Å². The summed E-state index contributed by atoms with van der Waals surface area (Å²) in [6.45, 7) is 7.48. The van der Waals surface area contributed by atoms with Crippen molar-refractivity contribution in [3.05, 3.63) is 17.0 Å². The van der Waals surface area contributed by atoms with Crippen molar-refractivity contribution in [2.24, 2.45) is 0 Å². The molecule has 1 unspecified atom stereocenters. The quantitative estimate of drug-likeness (QED) is 0.787. The molecular formula is C13H21ClN4. The number of anilines is 1. The Morgan fingerprint density at radius 3 is 2.83 bits per heavy atom. The Morgan fingerprint density at radius 1 is 1.39 bits per heavy atom. The number of nitrogens with zero attached hydrogens (tertiary/aromatic N) is 4. The molecule has 0 saturated carbocycles. The van der Waals surface area contributed by atoms with Crippen molar-refractivity contribution in [2.75, 3.05) is 31.6 Å². The van der Waals surface area contributed by atoms with Gasteiger partial charge in [0.1, 0.15) is 16.8 Å². The first-order chi connectivity index (χ1) is 8.60. The number of hydrogen-bond acceptors (Lipinski definition) is 4. The summed E-state index contributed by atoms with van der Waals surface area (Å²) < 4.78 is 0. The van der Waals surface area contributed by atoms with E-state index in [1.54, 1.807) is 0 Å². The van der Waals surface area contributed by atoms with Crippen molar-refractivity contribution >= 4 is 17.4 Å². The van der Waals surface area contributed by atoms with Gasteiger partial charge in [-0.25, -0.2) is 9.97 Å². The highest BCUT2D eigenvalue weighted by molar-refractivity contribution is 6.29. The maximum absolute atomic E-state index is 6.09. The van der Waals surface area contributed by atoms with Gasteiger partial charge in [0.2, 0.25) is 0 Å². The topological polar surface area (TPSA) is 32.3 Å². The maximum atomic E-state index is 6.09. The first kappa shape index (κ1) is 13.6. The Labute approximate surface area is 114 Å². The minimum atomic E-state index is 0.462. The van der Waals surface area contributed by atoms with E-state index >= 15 is 0 Å². The molecule has 0 aromatic carbocycles. The van der Waals surface area contributed by atoms with Crippen LogP contribution in [0.2, 0.25) is 5.15 Å². The van der Waals surface area contributed by atoms with Gasteiger partial charge in [0.25, 0.3) is 0 Å². The van der Waals surface area contributed by atoms with E-state index in [2.05, 4.69) is 40.7 Å². The highest BCUT2D eigenvalue weighted by Crippen LogP contribution is 2.21. The molecule has 2 rings (SSSR count). The summed E-state index contributed by atoms with van der Waals surface area (Å²) >= 11 is 6.09. The van der Waals surface area contributed by atoms with E-state index in [9.17, 15) is 0 Å². The third kappa shape index (κ3) is 3.12. The van der Waals surface area contributed by atoms with E-state index in [-0.39, 0.29) is 0 Å². The van der Waals surface area contributed by atoms with Crippen LogP contribution in [0.4, 0.5) is 5.82 Å². The van der Waals surface area contributed by atoms with E-state index < -0.39 is 0 Å². The van der Waals surface area contributed by atoms with E-state index in [0.29, 0.717) is 11.2 Å². The van der Waals surface area contributed by atoms with Gasteiger partial charge in [0, 0.05) is 38.2 Å². The molecule has 0 spiro atoms. The second kappa shape index (κ2) is 5.85. The van der Waals surface area contributed by atoms with E-state index in [4.69, 9.17) is 11.6 Å². The monoisotopic (exact) mass is 268 g/mol. The molecule has 1 aliphatic rings. The average molecular weight is 269 g/mol. The van der Waals surface area contributed by atoms with Crippen LogP contribution < -0.4 is 4.90 Å². The molecule has 18 heavy (non-hydrogen) atoms. The van der Waals surface area contributed by atoms with Crippen LogP contribution in [0.5, 0.6) is 0 Å². The van der Waals surface area contributed by atoms with Gasteiger partial charge in [-0.3, -0.25) is 0 Å². The van der Waals surface area contributed by atoms with Gasteiger partial charge in [-0.15, -0.1) is 0 Å². The predicted octanol–water partition coefficient (Wildman–Crippen LogP) is 2.22. The first-order valence-electron chi connectivity index (χ1n) is 6.58. The smallest absolute Gasteiger partial charge is 0.134 e. The standard InChI is InChI=1S/C13H21ClN4/c1-4-5-12-15-11(14)8-13(16-12)18-7-6-17(3)9-10(18)2/h8,10H,4-7,9H2,1-3H3. The molecule has 1 fully saturated rings. The Bertz CT molecular complexity index is 410. The predicted molar refractivity (Wildman–Crippen MR) is 75.3 cm³/mol. The molecule has 0 N–H and O–H groups in total. The summed E-state index contributed by atoms with van der Waals surface area (Å²) in [5.41, 5.74) is 0. The van der Waals surface area contributed by atoms with Gasteiger partial charge in [-0.2, -0.15) is 0 Å².